The molecule has 2 aromatic carbocycles. The van der Waals surface area contributed by atoms with Crippen LogP contribution in [0.5, 0.6) is 0 Å². The molecule has 0 saturated carbocycles. The molecular formula is C20H22ClN3O. The lowest BCUT2D eigenvalue weighted by Crippen LogP contribution is -2.36. The summed E-state index contributed by atoms with van der Waals surface area (Å²) >= 11 is 5.94. The van der Waals surface area contributed by atoms with E-state index in [0.29, 0.717) is 5.02 Å². The van der Waals surface area contributed by atoms with Crippen molar-refractivity contribution in [2.45, 2.75) is 32.9 Å². The zero-order chi connectivity index (χ0) is 18.0. The van der Waals surface area contributed by atoms with Gasteiger partial charge in [0.1, 0.15) is 6.04 Å². The van der Waals surface area contributed by atoms with Crippen LogP contribution in [0.4, 0.5) is 0 Å². The lowest BCUT2D eigenvalue weighted by Gasteiger charge is -2.25. The van der Waals surface area contributed by atoms with Gasteiger partial charge in [-0.1, -0.05) is 49.7 Å². The zero-order valence-corrected chi connectivity index (χ0v) is 15.4. The Morgan fingerprint density at radius 3 is 2.44 bits per heavy atom. The van der Waals surface area contributed by atoms with Crippen molar-refractivity contribution in [3.05, 3.63) is 65.4 Å². The van der Waals surface area contributed by atoms with Gasteiger partial charge in [-0.05, 0) is 42.7 Å². The summed E-state index contributed by atoms with van der Waals surface area (Å²) in [5.41, 5.74) is 2.89. The van der Waals surface area contributed by atoms with Gasteiger partial charge in [-0.15, -0.1) is 0 Å². The van der Waals surface area contributed by atoms with Crippen molar-refractivity contribution < 1.29 is 4.79 Å². The third-order valence-electron chi connectivity index (χ3n) is 4.41. The number of hydrogen-bond acceptors (Lipinski definition) is 2. The number of carbonyl (C=O) groups excluding carboxylic acids is 1. The highest BCUT2D eigenvalue weighted by Gasteiger charge is 2.26. The van der Waals surface area contributed by atoms with Gasteiger partial charge in [0.05, 0.1) is 23.4 Å². The fourth-order valence-electron chi connectivity index (χ4n) is 3.08. The highest BCUT2D eigenvalue weighted by molar-refractivity contribution is 6.30. The minimum atomic E-state index is -0.317. The standard InChI is InChI=1S/C20H22ClN3O/c1-13(2)19(24-12-22-17-6-4-5-7-18(17)24)20(25)23-14(3)15-8-10-16(21)11-9-15/h4-14,19H,1-3H3,(H,23,25). The summed E-state index contributed by atoms with van der Waals surface area (Å²) in [5.74, 6) is 0.121. The number of carbonyl (C=O) groups is 1. The molecule has 1 heterocycles. The van der Waals surface area contributed by atoms with Crippen molar-refractivity contribution in [3.63, 3.8) is 0 Å². The van der Waals surface area contributed by atoms with Crippen molar-refractivity contribution in [3.8, 4) is 0 Å². The Kier molecular flexibility index (Phi) is 5.09. The minimum absolute atomic E-state index is 0.0133. The molecule has 1 amide bonds. The summed E-state index contributed by atoms with van der Waals surface area (Å²) in [4.78, 5) is 17.4. The summed E-state index contributed by atoms with van der Waals surface area (Å²) in [5, 5.41) is 3.81. The van der Waals surface area contributed by atoms with Crippen LogP contribution in [0.15, 0.2) is 54.9 Å². The van der Waals surface area contributed by atoms with Crippen LogP contribution in [0.25, 0.3) is 11.0 Å². The number of imidazole rings is 1. The molecule has 2 unspecified atom stereocenters. The molecule has 0 fully saturated rings. The molecule has 1 N–H and O–H groups in total. The second-order valence-electron chi connectivity index (χ2n) is 6.61. The molecule has 3 aromatic rings. The van der Waals surface area contributed by atoms with Gasteiger partial charge in [0.15, 0.2) is 0 Å². The van der Waals surface area contributed by atoms with Crippen molar-refractivity contribution in [1.82, 2.24) is 14.9 Å². The van der Waals surface area contributed by atoms with E-state index in [1.165, 1.54) is 0 Å². The second-order valence-corrected chi connectivity index (χ2v) is 7.05. The molecule has 0 aliphatic carbocycles. The number of para-hydroxylation sites is 2. The zero-order valence-electron chi connectivity index (χ0n) is 14.6. The van der Waals surface area contributed by atoms with E-state index >= 15 is 0 Å². The van der Waals surface area contributed by atoms with E-state index < -0.39 is 0 Å². The van der Waals surface area contributed by atoms with E-state index in [0.717, 1.165) is 16.6 Å². The molecule has 0 spiro atoms. The third-order valence-corrected chi connectivity index (χ3v) is 4.66. The largest absolute Gasteiger partial charge is 0.348 e. The number of benzene rings is 2. The number of rotatable bonds is 5. The van der Waals surface area contributed by atoms with Crippen LogP contribution in [-0.4, -0.2) is 15.5 Å². The number of nitrogens with one attached hydrogen (secondary N) is 1. The number of nitrogens with zero attached hydrogens (tertiary/aromatic N) is 2. The number of aromatic nitrogens is 2. The molecule has 0 radical (unpaired) electrons. The van der Waals surface area contributed by atoms with Crippen LogP contribution in [-0.2, 0) is 4.79 Å². The van der Waals surface area contributed by atoms with Crippen LogP contribution in [0, 0.1) is 5.92 Å². The fraction of sp³-hybridized carbons (Fsp3) is 0.300. The van der Waals surface area contributed by atoms with E-state index in [2.05, 4.69) is 10.3 Å². The van der Waals surface area contributed by atoms with Crippen LogP contribution >= 0.6 is 11.6 Å². The topological polar surface area (TPSA) is 46.9 Å². The SMILES string of the molecule is CC(NC(=O)C(C(C)C)n1cnc2ccccc21)c1ccc(Cl)cc1. The maximum absolute atomic E-state index is 13.0. The molecular weight excluding hydrogens is 334 g/mol. The van der Waals surface area contributed by atoms with Gasteiger partial charge in [0.25, 0.3) is 0 Å². The minimum Gasteiger partial charge on any atom is -0.348 e. The number of hydrogen-bond donors (Lipinski definition) is 1. The Morgan fingerprint density at radius 1 is 1.08 bits per heavy atom. The number of fused-ring (bicyclic) bond motifs is 1. The Balaban J connectivity index is 1.85. The smallest absolute Gasteiger partial charge is 0.243 e. The van der Waals surface area contributed by atoms with Gasteiger partial charge in [0.2, 0.25) is 5.91 Å². The first kappa shape index (κ1) is 17.5. The Labute approximate surface area is 152 Å². The molecule has 3 rings (SSSR count). The quantitative estimate of drug-likeness (QED) is 0.717. The van der Waals surface area contributed by atoms with Crippen LogP contribution < -0.4 is 5.32 Å². The maximum Gasteiger partial charge on any atom is 0.243 e. The van der Waals surface area contributed by atoms with Gasteiger partial charge < -0.3 is 9.88 Å². The summed E-state index contributed by atoms with van der Waals surface area (Å²) in [6, 6.07) is 15.0. The van der Waals surface area contributed by atoms with E-state index in [4.69, 9.17) is 11.6 Å². The highest BCUT2D eigenvalue weighted by Crippen LogP contribution is 2.25. The van der Waals surface area contributed by atoms with Crippen molar-refractivity contribution in [1.29, 1.82) is 0 Å². The van der Waals surface area contributed by atoms with E-state index in [9.17, 15) is 4.79 Å². The highest BCUT2D eigenvalue weighted by atomic mass is 35.5. The van der Waals surface area contributed by atoms with Gasteiger partial charge in [-0.2, -0.15) is 0 Å². The Bertz CT molecular complexity index is 870. The number of amides is 1. The Morgan fingerprint density at radius 2 is 1.76 bits per heavy atom. The van der Waals surface area contributed by atoms with E-state index in [-0.39, 0.29) is 23.9 Å². The molecule has 5 heteroatoms. The second kappa shape index (κ2) is 7.28. The molecule has 0 bridgehead atoms. The molecule has 0 saturated heterocycles. The molecule has 25 heavy (non-hydrogen) atoms. The maximum atomic E-state index is 13.0. The lowest BCUT2D eigenvalue weighted by atomic mass is 10.0. The van der Waals surface area contributed by atoms with Gasteiger partial charge in [-0.25, -0.2) is 4.98 Å². The Hall–Kier alpha value is -2.33. The van der Waals surface area contributed by atoms with Crippen molar-refractivity contribution in [2.75, 3.05) is 0 Å². The first-order chi connectivity index (χ1) is 12.0. The average Bonchev–Trinajstić information content (AvgIpc) is 2.99. The van der Waals surface area contributed by atoms with Gasteiger partial charge >= 0.3 is 0 Å². The molecule has 0 aliphatic rings. The fourth-order valence-corrected chi connectivity index (χ4v) is 3.21. The summed E-state index contributed by atoms with van der Waals surface area (Å²) in [6.45, 7) is 6.07. The van der Waals surface area contributed by atoms with Gasteiger partial charge in [-0.3, -0.25) is 4.79 Å². The number of halogens is 1. The van der Waals surface area contributed by atoms with E-state index in [1.807, 2.05) is 73.9 Å². The molecule has 4 nitrogen and oxygen atoms in total. The lowest BCUT2D eigenvalue weighted by molar-refractivity contribution is -0.126. The molecule has 130 valence electrons. The summed E-state index contributed by atoms with van der Waals surface area (Å²) in [7, 11) is 0. The first-order valence-electron chi connectivity index (χ1n) is 8.45. The van der Waals surface area contributed by atoms with Crippen molar-refractivity contribution >= 4 is 28.5 Å². The van der Waals surface area contributed by atoms with Crippen molar-refractivity contribution in [2.24, 2.45) is 5.92 Å². The van der Waals surface area contributed by atoms with Crippen LogP contribution in [0.1, 0.15) is 38.4 Å². The molecule has 0 aliphatic heterocycles. The molecule has 2 atom stereocenters. The first-order valence-corrected chi connectivity index (χ1v) is 8.82. The predicted molar refractivity (Wildman–Crippen MR) is 102 cm³/mol. The predicted octanol–water partition coefficient (Wildman–Crippen LogP) is 4.76. The third kappa shape index (κ3) is 3.69. The average molecular weight is 356 g/mol. The summed E-state index contributed by atoms with van der Waals surface area (Å²) in [6.07, 6.45) is 1.75. The molecule has 1 aromatic heterocycles. The summed E-state index contributed by atoms with van der Waals surface area (Å²) < 4.78 is 1.96. The van der Waals surface area contributed by atoms with E-state index in [1.54, 1.807) is 6.33 Å². The van der Waals surface area contributed by atoms with Crippen LogP contribution in [0.2, 0.25) is 5.02 Å². The monoisotopic (exact) mass is 355 g/mol. The van der Waals surface area contributed by atoms with Crippen LogP contribution in [0.3, 0.4) is 0 Å². The normalized spacial score (nSPS) is 13.8. The van der Waals surface area contributed by atoms with Gasteiger partial charge in [0, 0.05) is 5.02 Å².